The van der Waals surface area contributed by atoms with Crippen LogP contribution in [0.25, 0.3) is 0 Å². The number of morpholine rings is 1. The van der Waals surface area contributed by atoms with Crippen molar-refractivity contribution in [2.45, 2.75) is 49.4 Å². The van der Waals surface area contributed by atoms with Crippen LogP contribution < -0.4 is 0 Å². The molecule has 1 saturated heterocycles. The van der Waals surface area contributed by atoms with Crippen LogP contribution in [-0.4, -0.2) is 40.0 Å². The summed E-state index contributed by atoms with van der Waals surface area (Å²) >= 11 is 2.28. The van der Waals surface area contributed by atoms with Gasteiger partial charge in [0.25, 0.3) is 0 Å². The van der Waals surface area contributed by atoms with E-state index in [-0.39, 0.29) is 10.3 Å². The molecule has 1 heterocycles. The number of halogens is 1. The zero-order valence-corrected chi connectivity index (χ0v) is 11.6. The molecule has 1 aliphatic rings. The van der Waals surface area contributed by atoms with Gasteiger partial charge in [-0.2, -0.15) is 0 Å². The van der Waals surface area contributed by atoms with Gasteiger partial charge < -0.3 is 9.84 Å². The van der Waals surface area contributed by atoms with E-state index in [1.807, 2.05) is 0 Å². The molecule has 1 rings (SSSR count). The van der Waals surface area contributed by atoms with E-state index in [0.717, 1.165) is 32.5 Å². The number of ether oxygens (including phenoxy) is 1. The fourth-order valence-corrected chi connectivity index (χ4v) is 2.59. The van der Waals surface area contributed by atoms with Gasteiger partial charge in [-0.25, -0.2) is 0 Å². The van der Waals surface area contributed by atoms with Gasteiger partial charge in [-0.05, 0) is 35.4 Å². The molecule has 0 amide bonds. The first-order chi connectivity index (χ1) is 7.24. The smallest absolute Gasteiger partial charge is 0.121 e. The van der Waals surface area contributed by atoms with Crippen LogP contribution in [0.15, 0.2) is 0 Å². The summed E-state index contributed by atoms with van der Waals surface area (Å²) in [6.45, 7) is 4.68. The van der Waals surface area contributed by atoms with Crippen LogP contribution in [0.4, 0.5) is 0 Å². The van der Waals surface area contributed by atoms with Crippen LogP contribution in [0.2, 0.25) is 0 Å². The highest BCUT2D eigenvalue weighted by molar-refractivity contribution is 14.1. The highest BCUT2D eigenvalue weighted by atomic mass is 127. The van der Waals surface area contributed by atoms with E-state index in [4.69, 9.17) is 4.74 Å². The van der Waals surface area contributed by atoms with Crippen molar-refractivity contribution in [3.63, 3.8) is 0 Å². The summed E-state index contributed by atoms with van der Waals surface area (Å²) in [5, 5.41) is 9.96. The van der Waals surface area contributed by atoms with Crippen molar-refractivity contribution in [2.75, 3.05) is 19.7 Å². The van der Waals surface area contributed by atoms with Gasteiger partial charge in [-0.15, -0.1) is 0 Å². The van der Waals surface area contributed by atoms with Crippen molar-refractivity contribution in [3.8, 4) is 0 Å². The van der Waals surface area contributed by atoms with Crippen LogP contribution in [0.5, 0.6) is 0 Å². The zero-order valence-electron chi connectivity index (χ0n) is 9.49. The molecule has 0 aliphatic carbocycles. The first-order valence-corrected chi connectivity index (χ1v) is 7.16. The molecule has 1 N–H and O–H groups in total. The molecule has 0 radical (unpaired) electrons. The van der Waals surface area contributed by atoms with E-state index >= 15 is 0 Å². The minimum absolute atomic E-state index is 0.238. The van der Waals surface area contributed by atoms with Crippen molar-refractivity contribution in [1.29, 1.82) is 0 Å². The van der Waals surface area contributed by atoms with Gasteiger partial charge in [-0.1, -0.05) is 26.2 Å². The fraction of sp³-hybridized carbons (Fsp3) is 1.00. The lowest BCUT2D eigenvalue weighted by Crippen LogP contribution is -2.45. The third kappa shape index (κ3) is 5.47. The van der Waals surface area contributed by atoms with E-state index in [9.17, 15) is 5.11 Å². The summed E-state index contributed by atoms with van der Waals surface area (Å²) in [5.41, 5.74) is 0. The van der Waals surface area contributed by atoms with E-state index in [0.29, 0.717) is 0 Å². The monoisotopic (exact) mass is 327 g/mol. The van der Waals surface area contributed by atoms with Crippen molar-refractivity contribution in [3.05, 3.63) is 0 Å². The molecule has 90 valence electrons. The van der Waals surface area contributed by atoms with Crippen LogP contribution >= 0.6 is 22.6 Å². The normalized spacial score (nSPS) is 25.4. The molecule has 1 fully saturated rings. The molecule has 2 atom stereocenters. The van der Waals surface area contributed by atoms with Crippen LogP contribution in [0.3, 0.4) is 0 Å². The third-order valence-electron chi connectivity index (χ3n) is 2.79. The Hall–Kier alpha value is 0.610. The average Bonchev–Trinajstić information content (AvgIpc) is 2.24. The molecule has 0 aromatic heterocycles. The molecule has 1 aliphatic heterocycles. The number of unbranched alkanes of at least 4 members (excludes halogenated alkanes) is 3. The van der Waals surface area contributed by atoms with Crippen molar-refractivity contribution in [2.24, 2.45) is 0 Å². The molecule has 0 aromatic carbocycles. The summed E-state index contributed by atoms with van der Waals surface area (Å²) in [6, 6.07) is 0. The van der Waals surface area contributed by atoms with Crippen molar-refractivity contribution < 1.29 is 9.84 Å². The molecular weight excluding hydrogens is 305 g/mol. The topological polar surface area (TPSA) is 32.7 Å². The largest absolute Gasteiger partial charge is 0.378 e. The highest BCUT2D eigenvalue weighted by Gasteiger charge is 2.22. The standard InChI is InChI=1S/C11H22INO2/c1-2-3-4-5-6-11(14)13-7-8-15-10(12)9-13/h10-11,14H,2-9H2,1H3. The van der Waals surface area contributed by atoms with E-state index in [2.05, 4.69) is 34.4 Å². The summed E-state index contributed by atoms with van der Waals surface area (Å²) < 4.78 is 5.67. The predicted octanol–water partition coefficient (Wildman–Crippen LogP) is 2.37. The molecular formula is C11H22INO2. The Kier molecular flexibility index (Phi) is 7.12. The second kappa shape index (κ2) is 7.81. The van der Waals surface area contributed by atoms with E-state index < -0.39 is 0 Å². The SMILES string of the molecule is CCCCCCC(O)N1CCOC(I)C1. The van der Waals surface area contributed by atoms with Gasteiger partial charge in [0.05, 0.1) is 6.61 Å². The number of alkyl halides is 1. The van der Waals surface area contributed by atoms with E-state index in [1.165, 1.54) is 19.3 Å². The number of aliphatic hydroxyl groups excluding tert-OH is 1. The summed E-state index contributed by atoms with van der Waals surface area (Å²) in [6.07, 6.45) is 5.56. The lowest BCUT2D eigenvalue weighted by atomic mass is 10.1. The molecule has 0 bridgehead atoms. The second-order valence-electron chi connectivity index (χ2n) is 4.11. The molecule has 0 saturated carbocycles. The highest BCUT2D eigenvalue weighted by Crippen LogP contribution is 2.16. The van der Waals surface area contributed by atoms with Crippen LogP contribution in [-0.2, 0) is 4.74 Å². The first-order valence-electron chi connectivity index (χ1n) is 5.92. The Balaban J connectivity index is 2.12. The molecule has 2 unspecified atom stereocenters. The third-order valence-corrected chi connectivity index (χ3v) is 3.55. The Morgan fingerprint density at radius 3 is 2.93 bits per heavy atom. The van der Waals surface area contributed by atoms with Crippen LogP contribution in [0.1, 0.15) is 39.0 Å². The predicted molar refractivity (Wildman–Crippen MR) is 70.1 cm³/mol. The average molecular weight is 327 g/mol. The minimum Gasteiger partial charge on any atom is -0.378 e. The van der Waals surface area contributed by atoms with Gasteiger partial charge in [-0.3, -0.25) is 4.90 Å². The number of rotatable bonds is 6. The molecule has 3 nitrogen and oxygen atoms in total. The maximum absolute atomic E-state index is 9.96. The van der Waals surface area contributed by atoms with Gasteiger partial charge in [0.1, 0.15) is 10.3 Å². The Labute approximate surface area is 106 Å². The Morgan fingerprint density at radius 1 is 1.47 bits per heavy atom. The van der Waals surface area contributed by atoms with Gasteiger partial charge in [0.2, 0.25) is 0 Å². The Morgan fingerprint density at radius 2 is 2.27 bits per heavy atom. The zero-order chi connectivity index (χ0) is 11.1. The molecule has 0 spiro atoms. The van der Waals surface area contributed by atoms with Crippen molar-refractivity contribution >= 4 is 22.6 Å². The molecule has 15 heavy (non-hydrogen) atoms. The number of hydrogen-bond acceptors (Lipinski definition) is 3. The Bertz CT molecular complexity index is 169. The number of hydrogen-bond donors (Lipinski definition) is 1. The summed E-state index contributed by atoms with van der Waals surface area (Å²) in [7, 11) is 0. The van der Waals surface area contributed by atoms with Crippen LogP contribution in [0, 0.1) is 0 Å². The van der Waals surface area contributed by atoms with Crippen molar-refractivity contribution in [1.82, 2.24) is 4.90 Å². The summed E-state index contributed by atoms with van der Waals surface area (Å²) in [4.78, 5) is 2.13. The quantitative estimate of drug-likeness (QED) is 0.462. The summed E-state index contributed by atoms with van der Waals surface area (Å²) in [5.74, 6) is 0. The number of aliphatic hydroxyl groups is 1. The first kappa shape index (κ1) is 13.7. The maximum Gasteiger partial charge on any atom is 0.121 e. The lowest BCUT2D eigenvalue weighted by Gasteiger charge is -2.33. The molecule has 0 aromatic rings. The second-order valence-corrected chi connectivity index (χ2v) is 5.50. The fourth-order valence-electron chi connectivity index (χ4n) is 1.83. The maximum atomic E-state index is 9.96. The van der Waals surface area contributed by atoms with Gasteiger partial charge in [0, 0.05) is 13.1 Å². The van der Waals surface area contributed by atoms with E-state index in [1.54, 1.807) is 0 Å². The molecule has 4 heteroatoms. The number of nitrogens with zero attached hydrogens (tertiary/aromatic N) is 1. The van der Waals surface area contributed by atoms with Gasteiger partial charge in [0.15, 0.2) is 0 Å². The minimum atomic E-state index is -0.261. The lowest BCUT2D eigenvalue weighted by molar-refractivity contribution is -0.0675. The van der Waals surface area contributed by atoms with Gasteiger partial charge >= 0.3 is 0 Å².